The molecule has 1 aliphatic heterocycles. The van der Waals surface area contributed by atoms with Crippen molar-refractivity contribution in [3.05, 3.63) is 53.9 Å². The van der Waals surface area contributed by atoms with Gasteiger partial charge in [0.1, 0.15) is 11.3 Å². The third-order valence-corrected chi connectivity index (χ3v) is 3.54. The van der Waals surface area contributed by atoms with Crippen molar-refractivity contribution in [3.8, 4) is 5.75 Å². The van der Waals surface area contributed by atoms with E-state index in [1.807, 2.05) is 0 Å². The minimum absolute atomic E-state index is 0.0313. The zero-order valence-electron chi connectivity index (χ0n) is 12.9. The van der Waals surface area contributed by atoms with Crippen LogP contribution in [0.4, 0.5) is 5.69 Å². The highest BCUT2D eigenvalue weighted by atomic mass is 16.5. The molecule has 0 fully saturated rings. The minimum Gasteiger partial charge on any atom is -0.482 e. The first kappa shape index (κ1) is 15.7. The van der Waals surface area contributed by atoms with Gasteiger partial charge in [-0.3, -0.25) is 9.59 Å². The number of ether oxygens (including phenoxy) is 2. The Morgan fingerprint density at radius 2 is 2.12 bits per heavy atom. The Morgan fingerprint density at radius 3 is 2.92 bits per heavy atom. The van der Waals surface area contributed by atoms with Crippen LogP contribution < -0.4 is 14.6 Å². The molecule has 0 bridgehead atoms. The molecule has 0 saturated carbocycles. The molecule has 2 aromatic rings. The Balaban J connectivity index is 1.79. The number of fused-ring (bicyclic) bond motifs is 1. The summed E-state index contributed by atoms with van der Waals surface area (Å²) in [5, 5.41) is 2.67. The minimum atomic E-state index is -0.467. The smallest absolute Gasteiger partial charge is 0.343 e. The Morgan fingerprint density at radius 1 is 1.29 bits per heavy atom. The van der Waals surface area contributed by atoms with Crippen molar-refractivity contribution >= 4 is 23.3 Å². The number of hydrogen-bond donors (Lipinski definition) is 1. The van der Waals surface area contributed by atoms with Crippen LogP contribution in [0.15, 0.2) is 42.7 Å². The SMILES string of the molecule is COC(=O)c1ccc[n+](CC(=O)c2ccc3c(c2)NC(=O)CO3)c1. The van der Waals surface area contributed by atoms with E-state index < -0.39 is 5.97 Å². The maximum absolute atomic E-state index is 12.4. The maximum Gasteiger partial charge on any atom is 0.343 e. The largest absolute Gasteiger partial charge is 0.482 e. The Bertz CT molecular complexity index is 831. The number of ketones is 1. The molecule has 3 rings (SSSR count). The molecule has 0 radical (unpaired) electrons. The van der Waals surface area contributed by atoms with Crippen molar-refractivity contribution in [2.75, 3.05) is 19.0 Å². The third kappa shape index (κ3) is 3.24. The van der Waals surface area contributed by atoms with Gasteiger partial charge in [0.2, 0.25) is 12.3 Å². The third-order valence-electron chi connectivity index (χ3n) is 3.54. The number of carbonyl (C=O) groups excluding carboxylic acids is 3. The van der Waals surface area contributed by atoms with Crippen LogP contribution in [-0.2, 0) is 16.1 Å². The van der Waals surface area contributed by atoms with Gasteiger partial charge in [-0.2, -0.15) is 4.57 Å². The summed E-state index contributed by atoms with van der Waals surface area (Å²) in [6.07, 6.45) is 3.24. The van der Waals surface area contributed by atoms with Crippen LogP contribution in [0.3, 0.4) is 0 Å². The predicted molar refractivity (Wildman–Crippen MR) is 82.9 cm³/mol. The lowest BCUT2D eigenvalue weighted by molar-refractivity contribution is -0.683. The summed E-state index contributed by atoms with van der Waals surface area (Å²) in [4.78, 5) is 35.3. The summed E-state index contributed by atoms with van der Waals surface area (Å²) in [5.74, 6) is -0.353. The fraction of sp³-hybridized carbons (Fsp3) is 0.176. The lowest BCUT2D eigenvalue weighted by Crippen LogP contribution is -2.38. The first-order valence-electron chi connectivity index (χ1n) is 7.24. The molecule has 7 heteroatoms. The van der Waals surface area contributed by atoms with E-state index in [0.29, 0.717) is 22.6 Å². The van der Waals surface area contributed by atoms with Crippen molar-refractivity contribution in [3.63, 3.8) is 0 Å². The number of anilines is 1. The van der Waals surface area contributed by atoms with Crippen molar-refractivity contribution < 1.29 is 28.4 Å². The van der Waals surface area contributed by atoms with Crippen LogP contribution in [0.5, 0.6) is 5.75 Å². The van der Waals surface area contributed by atoms with E-state index in [2.05, 4.69) is 10.1 Å². The van der Waals surface area contributed by atoms with E-state index in [-0.39, 0.29) is 24.8 Å². The van der Waals surface area contributed by atoms with E-state index in [1.54, 1.807) is 47.3 Å². The Hall–Kier alpha value is -3.22. The number of nitrogens with one attached hydrogen (secondary N) is 1. The molecule has 24 heavy (non-hydrogen) atoms. The van der Waals surface area contributed by atoms with Crippen molar-refractivity contribution in [1.82, 2.24) is 0 Å². The molecule has 0 atom stereocenters. The number of pyridine rings is 1. The van der Waals surface area contributed by atoms with Crippen molar-refractivity contribution in [2.24, 2.45) is 0 Å². The summed E-state index contributed by atoms with van der Waals surface area (Å²) >= 11 is 0. The van der Waals surface area contributed by atoms with Gasteiger partial charge in [0.05, 0.1) is 12.8 Å². The van der Waals surface area contributed by atoms with E-state index in [0.717, 1.165) is 0 Å². The van der Waals surface area contributed by atoms with Gasteiger partial charge >= 0.3 is 5.97 Å². The van der Waals surface area contributed by atoms with Crippen LogP contribution in [0.2, 0.25) is 0 Å². The lowest BCUT2D eigenvalue weighted by Gasteiger charge is -2.18. The van der Waals surface area contributed by atoms with E-state index in [1.165, 1.54) is 7.11 Å². The second kappa shape index (κ2) is 6.49. The molecule has 1 aromatic carbocycles. The standard InChI is InChI=1S/C17H14N2O5/c1-23-17(22)12-3-2-6-19(8-12)9-14(20)11-4-5-15-13(7-11)18-16(21)10-24-15/h2-8H,9-10H2,1H3/p+1. The molecule has 0 aliphatic carbocycles. The average molecular weight is 327 g/mol. The highest BCUT2D eigenvalue weighted by Crippen LogP contribution is 2.28. The topological polar surface area (TPSA) is 85.6 Å². The highest BCUT2D eigenvalue weighted by molar-refractivity contribution is 6.00. The molecule has 122 valence electrons. The molecule has 0 unspecified atom stereocenters. The van der Waals surface area contributed by atoms with E-state index in [9.17, 15) is 14.4 Å². The first-order valence-corrected chi connectivity index (χ1v) is 7.24. The highest BCUT2D eigenvalue weighted by Gasteiger charge is 2.20. The van der Waals surface area contributed by atoms with Crippen LogP contribution in [0.25, 0.3) is 0 Å². The molecule has 7 nitrogen and oxygen atoms in total. The average Bonchev–Trinajstić information content (AvgIpc) is 2.60. The van der Waals surface area contributed by atoms with Crippen LogP contribution in [0, 0.1) is 0 Å². The number of carbonyl (C=O) groups is 3. The molecule has 1 N–H and O–H groups in total. The molecule has 0 spiro atoms. The summed E-state index contributed by atoms with van der Waals surface area (Å²) in [6, 6.07) is 8.15. The summed E-state index contributed by atoms with van der Waals surface area (Å²) in [6.45, 7) is 0.0227. The predicted octanol–water partition coefficient (Wildman–Crippen LogP) is 0.974. The van der Waals surface area contributed by atoms with Crippen LogP contribution in [0.1, 0.15) is 20.7 Å². The van der Waals surface area contributed by atoms with Gasteiger partial charge in [-0.05, 0) is 24.3 Å². The fourth-order valence-corrected chi connectivity index (χ4v) is 2.37. The van der Waals surface area contributed by atoms with Gasteiger partial charge in [-0.25, -0.2) is 4.79 Å². The Labute approximate surface area is 137 Å². The zero-order chi connectivity index (χ0) is 17.1. The zero-order valence-corrected chi connectivity index (χ0v) is 12.9. The summed E-state index contributed by atoms with van der Waals surface area (Å²) in [5.41, 5.74) is 1.28. The van der Waals surface area contributed by atoms with Gasteiger partial charge < -0.3 is 14.8 Å². The van der Waals surface area contributed by atoms with Gasteiger partial charge in [-0.15, -0.1) is 0 Å². The monoisotopic (exact) mass is 327 g/mol. The number of aromatic nitrogens is 1. The van der Waals surface area contributed by atoms with E-state index >= 15 is 0 Å². The Kier molecular flexibility index (Phi) is 4.24. The lowest BCUT2D eigenvalue weighted by atomic mass is 10.1. The molecule has 2 heterocycles. The van der Waals surface area contributed by atoms with Gasteiger partial charge in [0.15, 0.2) is 19.0 Å². The summed E-state index contributed by atoms with van der Waals surface area (Å²) in [7, 11) is 1.30. The van der Waals surface area contributed by atoms with Crippen molar-refractivity contribution in [2.45, 2.75) is 6.54 Å². The fourth-order valence-electron chi connectivity index (χ4n) is 2.37. The maximum atomic E-state index is 12.4. The molecule has 1 aromatic heterocycles. The quantitative estimate of drug-likeness (QED) is 0.514. The number of methoxy groups -OCH3 is 1. The summed E-state index contributed by atoms with van der Waals surface area (Å²) < 4.78 is 11.5. The van der Waals surface area contributed by atoms with Crippen LogP contribution in [-0.4, -0.2) is 31.4 Å². The van der Waals surface area contributed by atoms with Crippen molar-refractivity contribution in [1.29, 1.82) is 0 Å². The number of benzene rings is 1. The molecule has 1 amide bonds. The molecular formula is C17H15N2O5+. The molecule has 0 saturated heterocycles. The number of esters is 1. The first-order chi connectivity index (χ1) is 11.6. The van der Waals surface area contributed by atoms with Gasteiger partial charge in [0.25, 0.3) is 5.91 Å². The number of rotatable bonds is 4. The number of hydrogen-bond acceptors (Lipinski definition) is 5. The molecule has 1 aliphatic rings. The normalized spacial score (nSPS) is 12.6. The second-order valence-electron chi connectivity index (χ2n) is 5.23. The van der Waals surface area contributed by atoms with Gasteiger partial charge in [0, 0.05) is 11.6 Å². The number of Topliss-reactive ketones (excluding diaryl/α,β-unsaturated/α-hetero) is 1. The van der Waals surface area contributed by atoms with Crippen LogP contribution >= 0.6 is 0 Å². The number of amides is 1. The van der Waals surface area contributed by atoms with E-state index in [4.69, 9.17) is 4.74 Å². The van der Waals surface area contributed by atoms with Gasteiger partial charge in [-0.1, -0.05) is 0 Å². The number of nitrogens with zero attached hydrogens (tertiary/aromatic N) is 1. The second-order valence-corrected chi connectivity index (χ2v) is 5.23. The molecular weight excluding hydrogens is 312 g/mol.